The van der Waals surface area contributed by atoms with Crippen LogP contribution in [0.5, 0.6) is 0 Å². The van der Waals surface area contributed by atoms with Gasteiger partial charge in [-0.15, -0.1) is 5.10 Å². The number of amides is 1. The minimum absolute atomic E-state index is 0.142. The fraction of sp³-hybridized carbons (Fsp3) is 0.526. The highest BCUT2D eigenvalue weighted by molar-refractivity contribution is 5.79. The van der Waals surface area contributed by atoms with Crippen molar-refractivity contribution in [1.82, 2.24) is 19.9 Å². The van der Waals surface area contributed by atoms with Crippen molar-refractivity contribution in [1.29, 1.82) is 0 Å². The first-order valence-corrected chi connectivity index (χ1v) is 9.11. The molecule has 25 heavy (non-hydrogen) atoms. The summed E-state index contributed by atoms with van der Waals surface area (Å²) in [7, 11) is 0. The van der Waals surface area contributed by atoms with E-state index in [1.54, 1.807) is 4.68 Å². The molecule has 1 aliphatic heterocycles. The molecule has 0 bridgehead atoms. The van der Waals surface area contributed by atoms with Crippen LogP contribution in [0.2, 0.25) is 0 Å². The molecule has 1 aromatic carbocycles. The lowest BCUT2D eigenvalue weighted by atomic mass is 9.90. The van der Waals surface area contributed by atoms with Gasteiger partial charge in [-0.2, -0.15) is 0 Å². The van der Waals surface area contributed by atoms with E-state index >= 15 is 0 Å². The summed E-state index contributed by atoms with van der Waals surface area (Å²) in [6.07, 6.45) is 5.02. The van der Waals surface area contributed by atoms with Crippen molar-refractivity contribution in [3.05, 3.63) is 41.7 Å². The summed E-state index contributed by atoms with van der Waals surface area (Å²) in [5.41, 5.74) is 2.64. The van der Waals surface area contributed by atoms with Crippen LogP contribution in [0.3, 0.4) is 0 Å². The first-order valence-electron chi connectivity index (χ1n) is 9.11. The Hall–Kier alpha value is -2.21. The van der Waals surface area contributed by atoms with E-state index in [1.807, 2.05) is 42.2 Å². The molecule has 2 aliphatic rings. The van der Waals surface area contributed by atoms with E-state index < -0.39 is 0 Å². The quantitative estimate of drug-likeness (QED) is 0.860. The summed E-state index contributed by atoms with van der Waals surface area (Å²) in [5, 5.41) is 8.50. The number of aromatic nitrogens is 3. The van der Waals surface area contributed by atoms with Crippen LogP contribution < -0.4 is 0 Å². The van der Waals surface area contributed by atoms with Crippen molar-refractivity contribution in [2.45, 2.75) is 51.2 Å². The van der Waals surface area contributed by atoms with Crippen molar-refractivity contribution in [3.63, 3.8) is 0 Å². The van der Waals surface area contributed by atoms with E-state index in [-0.39, 0.29) is 18.1 Å². The van der Waals surface area contributed by atoms with Crippen LogP contribution in [0.4, 0.5) is 0 Å². The first-order chi connectivity index (χ1) is 12.2. The fourth-order valence-electron chi connectivity index (χ4n) is 3.99. The van der Waals surface area contributed by atoms with E-state index in [2.05, 4.69) is 10.3 Å². The van der Waals surface area contributed by atoms with Crippen LogP contribution in [-0.2, 0) is 16.0 Å². The molecule has 6 nitrogen and oxygen atoms in total. The minimum Gasteiger partial charge on any atom is -0.374 e. The minimum atomic E-state index is 0.142. The molecule has 2 aromatic rings. The van der Waals surface area contributed by atoms with Gasteiger partial charge in [0, 0.05) is 6.54 Å². The Morgan fingerprint density at radius 3 is 2.88 bits per heavy atom. The number of para-hydroxylation sites is 1. The summed E-state index contributed by atoms with van der Waals surface area (Å²) < 4.78 is 7.67. The van der Waals surface area contributed by atoms with Gasteiger partial charge in [0.1, 0.15) is 0 Å². The second kappa shape index (κ2) is 6.96. The van der Waals surface area contributed by atoms with Crippen molar-refractivity contribution >= 4 is 5.91 Å². The Balaban J connectivity index is 1.50. The molecule has 1 amide bonds. The molecule has 1 aliphatic carbocycles. The van der Waals surface area contributed by atoms with E-state index in [0.29, 0.717) is 19.6 Å². The van der Waals surface area contributed by atoms with Crippen LogP contribution in [0.1, 0.15) is 37.1 Å². The van der Waals surface area contributed by atoms with E-state index in [9.17, 15) is 4.79 Å². The van der Waals surface area contributed by atoms with Crippen LogP contribution in [0, 0.1) is 6.92 Å². The standard InChI is InChI=1S/C19H24N4O2/c1-14-16(20-21-23(14)15-7-3-2-4-8-15)13-19(24)22-11-12-25-18-10-6-5-9-17(18)22/h2-4,7-8,17-18H,5-6,9-13H2,1H3/t17-,18+/m0/s1. The maximum absolute atomic E-state index is 12.9. The van der Waals surface area contributed by atoms with E-state index in [0.717, 1.165) is 29.9 Å². The summed E-state index contributed by atoms with van der Waals surface area (Å²) in [5.74, 6) is 0.142. The van der Waals surface area contributed by atoms with Gasteiger partial charge in [0.25, 0.3) is 0 Å². The molecule has 2 heterocycles. The third-order valence-corrected chi connectivity index (χ3v) is 5.36. The second-order valence-electron chi connectivity index (χ2n) is 6.89. The number of carbonyl (C=O) groups excluding carboxylic acids is 1. The molecule has 132 valence electrons. The number of fused-ring (bicyclic) bond motifs is 1. The zero-order valence-corrected chi connectivity index (χ0v) is 14.6. The summed E-state index contributed by atoms with van der Waals surface area (Å²) in [6, 6.07) is 10.1. The monoisotopic (exact) mass is 340 g/mol. The van der Waals surface area contributed by atoms with Crippen molar-refractivity contribution in [2.75, 3.05) is 13.2 Å². The smallest absolute Gasteiger partial charge is 0.229 e. The Bertz CT molecular complexity index is 741. The van der Waals surface area contributed by atoms with E-state index in [1.165, 1.54) is 12.8 Å². The van der Waals surface area contributed by atoms with Gasteiger partial charge in [0.15, 0.2) is 0 Å². The Kier molecular flexibility index (Phi) is 4.53. The lowest BCUT2D eigenvalue weighted by molar-refractivity contribution is -0.148. The Morgan fingerprint density at radius 2 is 2.04 bits per heavy atom. The highest BCUT2D eigenvalue weighted by Crippen LogP contribution is 2.29. The first kappa shape index (κ1) is 16.3. The number of hydrogen-bond donors (Lipinski definition) is 0. The normalized spacial score (nSPS) is 23.3. The lowest BCUT2D eigenvalue weighted by Gasteiger charge is -2.43. The molecule has 0 N–H and O–H groups in total. The molecule has 2 atom stereocenters. The number of benzene rings is 1. The zero-order valence-electron chi connectivity index (χ0n) is 14.6. The summed E-state index contributed by atoms with van der Waals surface area (Å²) in [6.45, 7) is 3.30. The molecule has 1 saturated heterocycles. The van der Waals surface area contributed by atoms with Gasteiger partial charge in [-0.1, -0.05) is 36.3 Å². The second-order valence-corrected chi connectivity index (χ2v) is 6.89. The number of carbonyl (C=O) groups is 1. The molecule has 2 fully saturated rings. The van der Waals surface area contributed by atoms with Gasteiger partial charge in [-0.3, -0.25) is 4.79 Å². The molecular weight excluding hydrogens is 316 g/mol. The third-order valence-electron chi connectivity index (χ3n) is 5.36. The average molecular weight is 340 g/mol. The highest BCUT2D eigenvalue weighted by Gasteiger charge is 2.36. The third kappa shape index (κ3) is 3.18. The van der Waals surface area contributed by atoms with Crippen LogP contribution in [-0.4, -0.2) is 51.1 Å². The summed E-state index contributed by atoms with van der Waals surface area (Å²) >= 11 is 0. The number of hydrogen-bond acceptors (Lipinski definition) is 4. The van der Waals surface area contributed by atoms with Gasteiger partial charge in [0.2, 0.25) is 5.91 Å². The maximum atomic E-state index is 12.9. The largest absolute Gasteiger partial charge is 0.374 e. The predicted molar refractivity (Wildman–Crippen MR) is 93.5 cm³/mol. The number of morpholine rings is 1. The maximum Gasteiger partial charge on any atom is 0.229 e. The Labute approximate surface area is 147 Å². The SMILES string of the molecule is Cc1c(CC(=O)N2CCO[C@@H]3CCCC[C@@H]32)nnn1-c1ccccc1. The van der Waals surface area contributed by atoms with Crippen LogP contribution in [0.25, 0.3) is 5.69 Å². The molecule has 0 spiro atoms. The molecule has 6 heteroatoms. The van der Waals surface area contributed by atoms with Crippen molar-refractivity contribution in [3.8, 4) is 5.69 Å². The highest BCUT2D eigenvalue weighted by atomic mass is 16.5. The van der Waals surface area contributed by atoms with Crippen LogP contribution in [0.15, 0.2) is 30.3 Å². The molecular formula is C19H24N4O2. The van der Waals surface area contributed by atoms with E-state index in [4.69, 9.17) is 4.74 Å². The fourth-order valence-corrected chi connectivity index (χ4v) is 3.99. The number of rotatable bonds is 3. The van der Waals surface area contributed by atoms with Gasteiger partial charge < -0.3 is 9.64 Å². The Morgan fingerprint density at radius 1 is 1.24 bits per heavy atom. The summed E-state index contributed by atoms with van der Waals surface area (Å²) in [4.78, 5) is 14.9. The molecule has 1 aromatic heterocycles. The number of ether oxygens (including phenoxy) is 1. The molecule has 0 unspecified atom stereocenters. The van der Waals surface area contributed by atoms with Crippen molar-refractivity contribution in [2.24, 2.45) is 0 Å². The average Bonchev–Trinajstić information content (AvgIpc) is 3.02. The number of nitrogens with zero attached hydrogens (tertiary/aromatic N) is 4. The van der Waals surface area contributed by atoms with Gasteiger partial charge >= 0.3 is 0 Å². The lowest BCUT2D eigenvalue weighted by Crippen LogP contribution is -2.55. The molecule has 1 saturated carbocycles. The van der Waals surface area contributed by atoms with Gasteiger partial charge in [-0.05, 0) is 31.9 Å². The van der Waals surface area contributed by atoms with Crippen molar-refractivity contribution < 1.29 is 9.53 Å². The molecule has 0 radical (unpaired) electrons. The van der Waals surface area contributed by atoms with Gasteiger partial charge in [-0.25, -0.2) is 4.68 Å². The predicted octanol–water partition coefficient (Wildman–Crippen LogP) is 2.29. The van der Waals surface area contributed by atoms with Crippen LogP contribution >= 0.6 is 0 Å². The molecule has 4 rings (SSSR count). The zero-order chi connectivity index (χ0) is 17.2. The topological polar surface area (TPSA) is 60.3 Å². The van der Waals surface area contributed by atoms with Gasteiger partial charge in [0.05, 0.1) is 42.2 Å².